The molecular weight excluding hydrogens is 388 g/mol. The van der Waals surface area contributed by atoms with Crippen molar-refractivity contribution < 1.29 is 9.47 Å². The van der Waals surface area contributed by atoms with E-state index >= 15 is 0 Å². The Bertz CT molecular complexity index is 831. The minimum atomic E-state index is 0.842. The second kappa shape index (κ2) is 8.72. The van der Waals surface area contributed by atoms with E-state index in [9.17, 15) is 0 Å². The van der Waals surface area contributed by atoms with E-state index in [0.717, 1.165) is 33.5 Å². The van der Waals surface area contributed by atoms with E-state index in [0.29, 0.717) is 0 Å². The van der Waals surface area contributed by atoms with E-state index in [1.165, 1.54) is 11.1 Å². The van der Waals surface area contributed by atoms with Crippen LogP contribution in [0.2, 0.25) is 0 Å². The van der Waals surface area contributed by atoms with Crippen LogP contribution in [0.5, 0.6) is 11.5 Å². The molecule has 0 aromatic heterocycles. The molecule has 0 unspecified atom stereocenters. The zero-order valence-corrected chi connectivity index (χ0v) is 16.5. The number of benzene rings is 3. The van der Waals surface area contributed by atoms with Gasteiger partial charge in [-0.25, -0.2) is 0 Å². The highest BCUT2D eigenvalue weighted by atomic mass is 79.9. The second-order valence-corrected chi connectivity index (χ2v) is 6.72. The summed E-state index contributed by atoms with van der Waals surface area (Å²) >= 11 is 3.63. The van der Waals surface area contributed by atoms with Crippen molar-refractivity contribution in [3.05, 3.63) is 100 Å². The van der Waals surface area contributed by atoms with Gasteiger partial charge in [-0.15, -0.1) is 0 Å². The maximum Gasteiger partial charge on any atom is 0.118 e. The Labute approximate surface area is 163 Å². The van der Waals surface area contributed by atoms with Crippen molar-refractivity contribution in [3.63, 3.8) is 0 Å². The molecule has 0 bridgehead atoms. The maximum atomic E-state index is 5.29. The van der Waals surface area contributed by atoms with Crippen molar-refractivity contribution in [2.45, 2.75) is 6.42 Å². The van der Waals surface area contributed by atoms with Crippen molar-refractivity contribution >= 4 is 21.5 Å². The van der Waals surface area contributed by atoms with E-state index in [-0.39, 0.29) is 0 Å². The molecule has 3 aromatic rings. The highest BCUT2D eigenvalue weighted by molar-refractivity contribution is 9.10. The summed E-state index contributed by atoms with van der Waals surface area (Å²) in [6.07, 6.45) is 3.11. The monoisotopic (exact) mass is 408 g/mol. The summed E-state index contributed by atoms with van der Waals surface area (Å²) in [4.78, 5) is 0. The first-order chi connectivity index (χ1) is 12.7. The minimum absolute atomic E-state index is 0.842. The molecule has 0 saturated carbocycles. The highest BCUT2D eigenvalue weighted by Gasteiger charge is 2.07. The Morgan fingerprint density at radius 3 is 1.73 bits per heavy atom. The lowest BCUT2D eigenvalue weighted by atomic mass is 9.95. The fraction of sp³-hybridized carbons (Fsp3) is 0.130. The number of ether oxygens (including phenoxy) is 2. The summed E-state index contributed by atoms with van der Waals surface area (Å²) in [7, 11) is 3.37. The summed E-state index contributed by atoms with van der Waals surface area (Å²) in [5, 5.41) is 0. The topological polar surface area (TPSA) is 18.5 Å². The van der Waals surface area contributed by atoms with Gasteiger partial charge in [0.25, 0.3) is 0 Å². The third kappa shape index (κ3) is 4.36. The van der Waals surface area contributed by atoms with E-state index < -0.39 is 0 Å². The largest absolute Gasteiger partial charge is 0.497 e. The molecule has 0 fully saturated rings. The molecule has 0 spiro atoms. The molecule has 0 aliphatic rings. The Hall–Kier alpha value is -2.52. The fourth-order valence-corrected chi connectivity index (χ4v) is 3.27. The van der Waals surface area contributed by atoms with Crippen molar-refractivity contribution in [3.8, 4) is 11.5 Å². The SMILES string of the molecule is COc1ccc(C(=CCc2ccccc2Br)c2ccc(OC)cc2)cc1. The average Bonchev–Trinajstić information content (AvgIpc) is 2.70. The number of hydrogen-bond acceptors (Lipinski definition) is 2. The summed E-state index contributed by atoms with van der Waals surface area (Å²) in [5.74, 6) is 1.71. The molecule has 0 amide bonds. The van der Waals surface area contributed by atoms with Crippen LogP contribution in [0.1, 0.15) is 16.7 Å². The van der Waals surface area contributed by atoms with E-state index in [1.807, 2.05) is 30.3 Å². The van der Waals surface area contributed by atoms with Gasteiger partial charge in [0.15, 0.2) is 0 Å². The smallest absolute Gasteiger partial charge is 0.118 e. The predicted octanol–water partition coefficient (Wildman–Crippen LogP) is 6.14. The van der Waals surface area contributed by atoms with Crippen LogP contribution < -0.4 is 9.47 Å². The number of hydrogen-bond donors (Lipinski definition) is 0. The molecule has 0 radical (unpaired) electrons. The van der Waals surface area contributed by atoms with Crippen LogP contribution in [-0.4, -0.2) is 14.2 Å². The normalized spacial score (nSPS) is 10.3. The first-order valence-corrected chi connectivity index (χ1v) is 9.23. The van der Waals surface area contributed by atoms with Gasteiger partial charge >= 0.3 is 0 Å². The first-order valence-electron chi connectivity index (χ1n) is 8.43. The molecule has 3 rings (SSSR count). The third-order valence-corrected chi connectivity index (χ3v) is 5.06. The highest BCUT2D eigenvalue weighted by Crippen LogP contribution is 2.28. The number of halogens is 1. The standard InChI is InChI=1S/C23H21BrO2/c1-25-20-12-7-17(8-13-20)22(18-9-14-21(26-2)15-10-18)16-11-19-5-3-4-6-23(19)24/h3-10,12-16H,11H2,1-2H3. The van der Waals surface area contributed by atoms with Gasteiger partial charge in [-0.3, -0.25) is 0 Å². The second-order valence-electron chi connectivity index (χ2n) is 5.87. The lowest BCUT2D eigenvalue weighted by Gasteiger charge is -2.11. The minimum Gasteiger partial charge on any atom is -0.497 e. The summed E-state index contributed by atoms with van der Waals surface area (Å²) < 4.78 is 11.7. The lowest BCUT2D eigenvalue weighted by molar-refractivity contribution is 0.414. The quantitative estimate of drug-likeness (QED) is 0.487. The summed E-state index contributed by atoms with van der Waals surface area (Å²) in [5.41, 5.74) is 4.75. The van der Waals surface area contributed by atoms with Crippen LogP contribution in [0, 0.1) is 0 Å². The number of methoxy groups -OCH3 is 2. The van der Waals surface area contributed by atoms with Crippen molar-refractivity contribution in [2.75, 3.05) is 14.2 Å². The summed E-state index contributed by atoms with van der Waals surface area (Å²) in [6.45, 7) is 0. The number of allylic oxidation sites excluding steroid dienone is 1. The molecular formula is C23H21BrO2. The van der Waals surface area contributed by atoms with Gasteiger partial charge in [-0.2, -0.15) is 0 Å². The van der Waals surface area contributed by atoms with Crippen molar-refractivity contribution in [2.24, 2.45) is 0 Å². The zero-order valence-electron chi connectivity index (χ0n) is 14.9. The Morgan fingerprint density at radius 2 is 1.27 bits per heavy atom. The van der Waals surface area contributed by atoms with Crippen molar-refractivity contribution in [1.29, 1.82) is 0 Å². The molecule has 0 heterocycles. The molecule has 0 atom stereocenters. The van der Waals surface area contributed by atoms with Crippen LogP contribution in [-0.2, 0) is 6.42 Å². The molecule has 3 aromatic carbocycles. The van der Waals surface area contributed by atoms with Gasteiger partial charge in [0, 0.05) is 4.47 Å². The van der Waals surface area contributed by atoms with Crippen molar-refractivity contribution in [1.82, 2.24) is 0 Å². The van der Waals surface area contributed by atoms with Gasteiger partial charge in [-0.1, -0.05) is 64.5 Å². The number of rotatable bonds is 6. The van der Waals surface area contributed by atoms with Crippen LogP contribution in [0.25, 0.3) is 5.57 Å². The zero-order chi connectivity index (χ0) is 18.4. The Kier molecular flexibility index (Phi) is 6.13. The molecule has 132 valence electrons. The van der Waals surface area contributed by atoms with E-state index in [2.05, 4.69) is 64.5 Å². The van der Waals surface area contributed by atoms with E-state index in [4.69, 9.17) is 9.47 Å². The van der Waals surface area contributed by atoms with Gasteiger partial charge in [0.05, 0.1) is 14.2 Å². The van der Waals surface area contributed by atoms with Crippen LogP contribution in [0.3, 0.4) is 0 Å². The fourth-order valence-electron chi connectivity index (χ4n) is 2.82. The van der Waals surface area contributed by atoms with Gasteiger partial charge in [-0.05, 0) is 59.0 Å². The third-order valence-electron chi connectivity index (χ3n) is 4.29. The van der Waals surface area contributed by atoms with Gasteiger partial charge in [0.1, 0.15) is 11.5 Å². The van der Waals surface area contributed by atoms with Crippen LogP contribution in [0.4, 0.5) is 0 Å². The lowest BCUT2D eigenvalue weighted by Crippen LogP contribution is -1.92. The van der Waals surface area contributed by atoms with E-state index in [1.54, 1.807) is 14.2 Å². The Balaban J connectivity index is 1.99. The Morgan fingerprint density at radius 1 is 0.769 bits per heavy atom. The molecule has 0 aliphatic carbocycles. The summed E-state index contributed by atoms with van der Waals surface area (Å²) in [6, 6.07) is 24.6. The van der Waals surface area contributed by atoms with Gasteiger partial charge < -0.3 is 9.47 Å². The molecule has 0 aliphatic heterocycles. The molecule has 26 heavy (non-hydrogen) atoms. The van der Waals surface area contributed by atoms with Gasteiger partial charge in [0.2, 0.25) is 0 Å². The average molecular weight is 409 g/mol. The maximum absolute atomic E-state index is 5.29. The molecule has 3 heteroatoms. The van der Waals surface area contributed by atoms with Crippen LogP contribution in [0.15, 0.2) is 83.3 Å². The molecule has 2 nitrogen and oxygen atoms in total. The van der Waals surface area contributed by atoms with Crippen LogP contribution >= 0.6 is 15.9 Å². The molecule has 0 saturated heterocycles. The molecule has 0 N–H and O–H groups in total. The predicted molar refractivity (Wildman–Crippen MR) is 111 cm³/mol. The first kappa shape index (κ1) is 18.3.